The minimum Gasteiger partial charge on any atom is -0.493 e. The van der Waals surface area contributed by atoms with Gasteiger partial charge in [-0.2, -0.15) is 0 Å². The fourth-order valence-corrected chi connectivity index (χ4v) is 2.62. The molecule has 0 aromatic heterocycles. The van der Waals surface area contributed by atoms with Crippen LogP contribution in [-0.2, 0) is 11.2 Å². The lowest BCUT2D eigenvalue weighted by Crippen LogP contribution is -2.22. The van der Waals surface area contributed by atoms with E-state index in [1.54, 1.807) is 19.0 Å². The molecule has 0 heterocycles. The number of rotatable bonds is 5. The molecule has 0 spiro atoms. The largest absolute Gasteiger partial charge is 0.493 e. The molecule has 1 aliphatic carbocycles. The summed E-state index contributed by atoms with van der Waals surface area (Å²) in [6, 6.07) is 6.24. The monoisotopic (exact) mass is 276 g/mol. The summed E-state index contributed by atoms with van der Waals surface area (Å²) in [4.78, 5) is 13.1. The fraction of sp³-hybridized carbons (Fsp3) is 0.562. The van der Waals surface area contributed by atoms with E-state index in [0.29, 0.717) is 13.0 Å². The maximum atomic E-state index is 11.5. The van der Waals surface area contributed by atoms with Gasteiger partial charge in [-0.25, -0.2) is 0 Å². The number of nitrogens with two attached hydrogens (primary N) is 1. The summed E-state index contributed by atoms with van der Waals surface area (Å²) >= 11 is 0. The van der Waals surface area contributed by atoms with Crippen molar-refractivity contribution in [2.75, 3.05) is 20.7 Å². The van der Waals surface area contributed by atoms with Crippen molar-refractivity contribution in [3.05, 3.63) is 29.3 Å². The standard InChI is InChI=1S/C16H24N2O2/c1-18(2)16(19)10-5-11-20-15-9-4-6-12-13(15)7-3-8-14(12)17/h4,6,9,14H,3,5,7-8,10-11,17H2,1-2H3. The molecular formula is C16H24N2O2. The van der Waals surface area contributed by atoms with Crippen LogP contribution in [0.2, 0.25) is 0 Å². The van der Waals surface area contributed by atoms with E-state index in [4.69, 9.17) is 10.5 Å². The molecule has 0 radical (unpaired) electrons. The van der Waals surface area contributed by atoms with Gasteiger partial charge < -0.3 is 15.4 Å². The van der Waals surface area contributed by atoms with E-state index >= 15 is 0 Å². The molecule has 20 heavy (non-hydrogen) atoms. The summed E-state index contributed by atoms with van der Waals surface area (Å²) in [5.74, 6) is 1.08. The first-order valence-electron chi connectivity index (χ1n) is 7.30. The normalized spacial score (nSPS) is 17.4. The van der Waals surface area contributed by atoms with Crippen LogP contribution in [0.4, 0.5) is 0 Å². The number of benzene rings is 1. The Bertz CT molecular complexity index is 472. The number of hydrogen-bond donors (Lipinski definition) is 1. The molecule has 0 bridgehead atoms. The SMILES string of the molecule is CN(C)C(=O)CCCOc1cccc2c1CCCC2N. The van der Waals surface area contributed by atoms with E-state index in [0.717, 1.165) is 31.4 Å². The van der Waals surface area contributed by atoms with Crippen molar-refractivity contribution >= 4 is 5.91 Å². The van der Waals surface area contributed by atoms with Gasteiger partial charge in [-0.15, -0.1) is 0 Å². The Kier molecular flexibility index (Phi) is 5.01. The predicted octanol–water partition coefficient (Wildman–Crippen LogP) is 2.27. The lowest BCUT2D eigenvalue weighted by Gasteiger charge is -2.24. The van der Waals surface area contributed by atoms with E-state index in [1.165, 1.54) is 11.1 Å². The maximum Gasteiger partial charge on any atom is 0.222 e. The summed E-state index contributed by atoms with van der Waals surface area (Å²) in [5, 5.41) is 0. The van der Waals surface area contributed by atoms with Crippen molar-refractivity contribution in [1.82, 2.24) is 4.90 Å². The van der Waals surface area contributed by atoms with Gasteiger partial charge in [0.25, 0.3) is 0 Å². The third kappa shape index (κ3) is 3.51. The van der Waals surface area contributed by atoms with Crippen molar-refractivity contribution in [3.63, 3.8) is 0 Å². The van der Waals surface area contributed by atoms with Gasteiger partial charge >= 0.3 is 0 Å². The molecule has 1 aliphatic rings. The summed E-state index contributed by atoms with van der Waals surface area (Å²) in [6.45, 7) is 0.575. The minimum atomic E-state index is 0.137. The van der Waals surface area contributed by atoms with Crippen LogP contribution in [-0.4, -0.2) is 31.5 Å². The van der Waals surface area contributed by atoms with Crippen molar-refractivity contribution < 1.29 is 9.53 Å². The smallest absolute Gasteiger partial charge is 0.222 e. The molecule has 110 valence electrons. The molecule has 2 N–H and O–H groups in total. The Morgan fingerprint density at radius 1 is 1.45 bits per heavy atom. The summed E-state index contributed by atoms with van der Waals surface area (Å²) < 4.78 is 5.86. The number of amides is 1. The predicted molar refractivity (Wildman–Crippen MR) is 79.7 cm³/mol. The number of nitrogens with zero attached hydrogens (tertiary/aromatic N) is 1. The van der Waals surface area contributed by atoms with Crippen LogP contribution in [0, 0.1) is 0 Å². The van der Waals surface area contributed by atoms with Crippen LogP contribution >= 0.6 is 0 Å². The lowest BCUT2D eigenvalue weighted by atomic mass is 9.87. The molecule has 1 aromatic carbocycles. The molecule has 1 atom stereocenters. The van der Waals surface area contributed by atoms with Crippen molar-refractivity contribution in [2.24, 2.45) is 5.73 Å². The quantitative estimate of drug-likeness (QED) is 0.839. The van der Waals surface area contributed by atoms with Crippen molar-refractivity contribution in [1.29, 1.82) is 0 Å². The lowest BCUT2D eigenvalue weighted by molar-refractivity contribution is -0.128. The number of fused-ring (bicyclic) bond motifs is 1. The Hall–Kier alpha value is -1.55. The van der Waals surface area contributed by atoms with E-state index in [2.05, 4.69) is 6.07 Å². The van der Waals surface area contributed by atoms with Gasteiger partial charge in [0.2, 0.25) is 5.91 Å². The third-order valence-electron chi connectivity index (χ3n) is 3.80. The number of hydrogen-bond acceptors (Lipinski definition) is 3. The van der Waals surface area contributed by atoms with E-state index in [9.17, 15) is 4.79 Å². The Morgan fingerprint density at radius 2 is 2.25 bits per heavy atom. The molecule has 1 amide bonds. The summed E-state index contributed by atoms with van der Waals surface area (Å²) in [7, 11) is 3.55. The van der Waals surface area contributed by atoms with Crippen LogP contribution in [0.5, 0.6) is 5.75 Å². The second-order valence-corrected chi connectivity index (χ2v) is 5.56. The maximum absolute atomic E-state index is 11.5. The minimum absolute atomic E-state index is 0.137. The average Bonchev–Trinajstić information content (AvgIpc) is 2.44. The van der Waals surface area contributed by atoms with Gasteiger partial charge in [0.05, 0.1) is 6.61 Å². The first kappa shape index (κ1) is 14.9. The van der Waals surface area contributed by atoms with Crippen LogP contribution in [0.25, 0.3) is 0 Å². The van der Waals surface area contributed by atoms with Crippen molar-refractivity contribution in [2.45, 2.75) is 38.1 Å². The number of carbonyl (C=O) groups is 1. The van der Waals surface area contributed by atoms with Crippen LogP contribution in [0.3, 0.4) is 0 Å². The van der Waals surface area contributed by atoms with E-state index in [1.807, 2.05) is 12.1 Å². The van der Waals surface area contributed by atoms with E-state index < -0.39 is 0 Å². The molecule has 0 saturated carbocycles. The van der Waals surface area contributed by atoms with Gasteiger partial charge in [0.15, 0.2) is 0 Å². The van der Waals surface area contributed by atoms with Gasteiger partial charge in [0, 0.05) is 26.6 Å². The number of carbonyl (C=O) groups excluding carboxylic acids is 1. The molecule has 0 aliphatic heterocycles. The van der Waals surface area contributed by atoms with Crippen LogP contribution in [0.1, 0.15) is 42.9 Å². The van der Waals surface area contributed by atoms with Gasteiger partial charge in [-0.05, 0) is 42.9 Å². The zero-order chi connectivity index (χ0) is 14.5. The fourth-order valence-electron chi connectivity index (χ4n) is 2.62. The first-order chi connectivity index (χ1) is 9.59. The first-order valence-corrected chi connectivity index (χ1v) is 7.30. The van der Waals surface area contributed by atoms with Gasteiger partial charge in [-0.3, -0.25) is 4.79 Å². The second-order valence-electron chi connectivity index (χ2n) is 5.56. The molecule has 1 aromatic rings. The van der Waals surface area contributed by atoms with Crippen LogP contribution in [0.15, 0.2) is 18.2 Å². The highest BCUT2D eigenvalue weighted by Gasteiger charge is 2.19. The second kappa shape index (κ2) is 6.75. The Balaban J connectivity index is 1.91. The molecule has 1 unspecified atom stereocenters. The average molecular weight is 276 g/mol. The molecule has 4 heteroatoms. The summed E-state index contributed by atoms with van der Waals surface area (Å²) in [6.07, 6.45) is 4.48. The van der Waals surface area contributed by atoms with Crippen molar-refractivity contribution in [3.8, 4) is 5.75 Å². The molecule has 0 saturated heterocycles. The third-order valence-corrected chi connectivity index (χ3v) is 3.80. The zero-order valence-electron chi connectivity index (χ0n) is 12.4. The molecule has 2 rings (SSSR count). The van der Waals surface area contributed by atoms with E-state index in [-0.39, 0.29) is 11.9 Å². The highest BCUT2D eigenvalue weighted by molar-refractivity contribution is 5.75. The van der Waals surface area contributed by atoms with Gasteiger partial charge in [0.1, 0.15) is 5.75 Å². The Morgan fingerprint density at radius 3 is 3.00 bits per heavy atom. The molecular weight excluding hydrogens is 252 g/mol. The number of ether oxygens (including phenoxy) is 1. The highest BCUT2D eigenvalue weighted by Crippen LogP contribution is 2.34. The molecule has 4 nitrogen and oxygen atoms in total. The summed E-state index contributed by atoms with van der Waals surface area (Å²) in [5.41, 5.74) is 8.61. The molecule has 0 fully saturated rings. The highest BCUT2D eigenvalue weighted by atomic mass is 16.5. The topological polar surface area (TPSA) is 55.6 Å². The van der Waals surface area contributed by atoms with Crippen LogP contribution < -0.4 is 10.5 Å². The Labute approximate surface area is 120 Å². The van der Waals surface area contributed by atoms with Gasteiger partial charge in [-0.1, -0.05) is 12.1 Å². The zero-order valence-corrected chi connectivity index (χ0v) is 12.4.